The number of methoxy groups -OCH3 is 1. The molecule has 0 saturated heterocycles. The molecule has 2 rings (SSSR count). The fraction of sp³-hybridized carbons (Fsp3) is 0.222. The van der Waals surface area contributed by atoms with E-state index in [9.17, 15) is 19.7 Å². The molecule has 2 aromatic rings. The molecule has 0 heterocycles. The molecule has 8 nitrogen and oxygen atoms in total. The molecule has 0 unspecified atom stereocenters. The summed E-state index contributed by atoms with van der Waals surface area (Å²) in [4.78, 5) is 34.0. The van der Waals surface area contributed by atoms with Crippen molar-refractivity contribution in [2.45, 2.75) is 6.42 Å². The lowest BCUT2D eigenvalue weighted by atomic mass is 10.1. The summed E-state index contributed by atoms with van der Waals surface area (Å²) >= 11 is 3.31. The van der Waals surface area contributed by atoms with Crippen LogP contribution in [0.3, 0.4) is 0 Å². The van der Waals surface area contributed by atoms with E-state index in [0.29, 0.717) is 30.8 Å². The number of nitrogens with one attached hydrogen (secondary N) is 2. The predicted octanol–water partition coefficient (Wildman–Crippen LogP) is 3.38. The molecule has 2 N–H and O–H groups in total. The van der Waals surface area contributed by atoms with Crippen LogP contribution >= 0.6 is 15.9 Å². The van der Waals surface area contributed by atoms with Crippen LogP contribution in [0.5, 0.6) is 0 Å². The van der Waals surface area contributed by atoms with Crippen LogP contribution in [-0.4, -0.2) is 37.0 Å². The van der Waals surface area contributed by atoms with Crippen molar-refractivity contribution >= 4 is 39.2 Å². The Bertz CT molecular complexity index is 839. The maximum Gasteiger partial charge on any atom is 0.344 e. The lowest BCUT2D eigenvalue weighted by Crippen LogP contribution is -2.25. The van der Waals surface area contributed by atoms with Gasteiger partial charge >= 0.3 is 5.97 Å². The molecule has 27 heavy (non-hydrogen) atoms. The molecule has 0 aliphatic rings. The zero-order valence-corrected chi connectivity index (χ0v) is 16.1. The highest BCUT2D eigenvalue weighted by atomic mass is 79.9. The van der Waals surface area contributed by atoms with E-state index < -0.39 is 10.9 Å². The van der Waals surface area contributed by atoms with E-state index in [1.54, 1.807) is 24.3 Å². The molecule has 0 atom stereocenters. The summed E-state index contributed by atoms with van der Waals surface area (Å²) in [5, 5.41) is 16.9. The molecule has 0 spiro atoms. The maximum absolute atomic E-state index is 12.0. The highest BCUT2D eigenvalue weighted by molar-refractivity contribution is 9.10. The standard InChI is InChI=1S/C18H18BrN3O5/c1-27-18(24)15-11-14(7-8-16(15)22(25)26)20-9-2-10-21-17(23)12-3-5-13(19)6-4-12/h3-8,11,20H,2,9-10H2,1H3,(H,21,23). The first-order valence-corrected chi connectivity index (χ1v) is 8.86. The van der Waals surface area contributed by atoms with Crippen LogP contribution in [0.2, 0.25) is 0 Å². The second kappa shape index (κ2) is 9.67. The number of esters is 1. The Morgan fingerprint density at radius 3 is 2.48 bits per heavy atom. The number of nitro benzene ring substituents is 1. The monoisotopic (exact) mass is 435 g/mol. The highest BCUT2D eigenvalue weighted by Crippen LogP contribution is 2.23. The molecule has 0 bridgehead atoms. The summed E-state index contributed by atoms with van der Waals surface area (Å²) in [6.07, 6.45) is 0.632. The van der Waals surface area contributed by atoms with Crippen LogP contribution < -0.4 is 10.6 Å². The van der Waals surface area contributed by atoms with Crippen LogP contribution in [0.15, 0.2) is 46.9 Å². The normalized spacial score (nSPS) is 10.1. The van der Waals surface area contributed by atoms with Crippen molar-refractivity contribution in [2.24, 2.45) is 0 Å². The zero-order chi connectivity index (χ0) is 19.8. The number of hydrogen-bond acceptors (Lipinski definition) is 6. The number of benzene rings is 2. The van der Waals surface area contributed by atoms with Gasteiger partial charge in [0.05, 0.1) is 12.0 Å². The van der Waals surface area contributed by atoms with Crippen molar-refractivity contribution in [2.75, 3.05) is 25.5 Å². The zero-order valence-electron chi connectivity index (χ0n) is 14.5. The molecule has 0 radical (unpaired) electrons. The number of carbonyl (C=O) groups excluding carboxylic acids is 2. The van der Waals surface area contributed by atoms with Gasteiger partial charge in [0.1, 0.15) is 5.56 Å². The third kappa shape index (κ3) is 5.78. The lowest BCUT2D eigenvalue weighted by molar-refractivity contribution is -0.385. The van der Waals surface area contributed by atoms with Gasteiger partial charge in [-0.15, -0.1) is 0 Å². The van der Waals surface area contributed by atoms with Gasteiger partial charge < -0.3 is 15.4 Å². The average molecular weight is 436 g/mol. The molecule has 0 aliphatic heterocycles. The van der Waals surface area contributed by atoms with Gasteiger partial charge in [-0.2, -0.15) is 0 Å². The molecule has 1 amide bonds. The number of ether oxygens (including phenoxy) is 1. The van der Waals surface area contributed by atoms with Gasteiger partial charge in [0.2, 0.25) is 0 Å². The Morgan fingerprint density at radius 1 is 1.15 bits per heavy atom. The number of nitrogens with zero attached hydrogens (tertiary/aromatic N) is 1. The number of amides is 1. The minimum Gasteiger partial charge on any atom is -0.465 e. The second-order valence-electron chi connectivity index (χ2n) is 5.52. The third-order valence-electron chi connectivity index (χ3n) is 3.67. The summed E-state index contributed by atoms with van der Waals surface area (Å²) in [7, 11) is 1.17. The SMILES string of the molecule is COC(=O)c1cc(NCCCNC(=O)c2ccc(Br)cc2)ccc1[N+](=O)[O-]. The fourth-order valence-electron chi connectivity index (χ4n) is 2.31. The molecular formula is C18H18BrN3O5. The maximum atomic E-state index is 12.0. The van der Waals surface area contributed by atoms with Crippen molar-refractivity contribution in [3.8, 4) is 0 Å². The molecular weight excluding hydrogens is 418 g/mol. The Hall–Kier alpha value is -2.94. The van der Waals surface area contributed by atoms with Gasteiger partial charge in [0.15, 0.2) is 0 Å². The number of halogens is 1. The molecule has 0 aromatic heterocycles. The third-order valence-corrected chi connectivity index (χ3v) is 4.20. The van der Waals surface area contributed by atoms with Crippen LogP contribution in [-0.2, 0) is 4.74 Å². The largest absolute Gasteiger partial charge is 0.465 e. The van der Waals surface area contributed by atoms with E-state index in [4.69, 9.17) is 0 Å². The first-order chi connectivity index (χ1) is 12.9. The molecule has 0 fully saturated rings. The summed E-state index contributed by atoms with van der Waals surface area (Å²) in [5.74, 6) is -0.932. The minimum absolute atomic E-state index is 0.115. The number of nitro groups is 1. The first-order valence-electron chi connectivity index (χ1n) is 8.06. The molecule has 0 aliphatic carbocycles. The summed E-state index contributed by atoms with van der Waals surface area (Å²) in [5.41, 5.74) is 0.703. The lowest BCUT2D eigenvalue weighted by Gasteiger charge is -2.09. The summed E-state index contributed by atoms with van der Waals surface area (Å²) in [6.45, 7) is 0.970. The van der Waals surface area contributed by atoms with E-state index in [1.807, 2.05) is 0 Å². The quantitative estimate of drug-likeness (QED) is 0.284. The number of rotatable bonds is 8. The van der Waals surface area contributed by atoms with E-state index in [0.717, 1.165) is 4.47 Å². The Morgan fingerprint density at radius 2 is 1.85 bits per heavy atom. The number of carbonyl (C=O) groups is 2. The van der Waals surface area contributed by atoms with Gasteiger partial charge in [-0.05, 0) is 42.8 Å². The van der Waals surface area contributed by atoms with Crippen molar-refractivity contribution < 1.29 is 19.2 Å². The van der Waals surface area contributed by atoms with Crippen LogP contribution in [0.1, 0.15) is 27.1 Å². The molecule has 2 aromatic carbocycles. The van der Waals surface area contributed by atoms with E-state index in [1.165, 1.54) is 25.3 Å². The van der Waals surface area contributed by atoms with E-state index >= 15 is 0 Å². The summed E-state index contributed by atoms with van der Waals surface area (Å²) < 4.78 is 5.48. The predicted molar refractivity (Wildman–Crippen MR) is 104 cm³/mol. The molecule has 142 valence electrons. The van der Waals surface area contributed by atoms with Crippen LogP contribution in [0.25, 0.3) is 0 Å². The Labute approximate surface area is 164 Å². The minimum atomic E-state index is -0.771. The fourth-order valence-corrected chi connectivity index (χ4v) is 2.57. The second-order valence-corrected chi connectivity index (χ2v) is 6.44. The Kier molecular flexibility index (Phi) is 7.30. The van der Waals surface area contributed by atoms with Gasteiger partial charge in [0, 0.05) is 34.9 Å². The van der Waals surface area contributed by atoms with Gasteiger partial charge in [-0.1, -0.05) is 15.9 Å². The van der Waals surface area contributed by atoms with Crippen molar-refractivity contribution in [1.82, 2.24) is 5.32 Å². The van der Waals surface area contributed by atoms with E-state index in [-0.39, 0.29) is 17.2 Å². The summed E-state index contributed by atoms with van der Waals surface area (Å²) in [6, 6.07) is 11.2. The van der Waals surface area contributed by atoms with Gasteiger partial charge in [0.25, 0.3) is 11.6 Å². The molecule has 9 heteroatoms. The molecule has 0 saturated carbocycles. The van der Waals surface area contributed by atoms with Gasteiger partial charge in [-0.3, -0.25) is 14.9 Å². The highest BCUT2D eigenvalue weighted by Gasteiger charge is 2.21. The smallest absolute Gasteiger partial charge is 0.344 e. The number of hydrogen-bond donors (Lipinski definition) is 2. The van der Waals surface area contributed by atoms with E-state index in [2.05, 4.69) is 31.3 Å². The van der Waals surface area contributed by atoms with Crippen molar-refractivity contribution in [3.63, 3.8) is 0 Å². The van der Waals surface area contributed by atoms with Crippen LogP contribution in [0, 0.1) is 10.1 Å². The van der Waals surface area contributed by atoms with Crippen LogP contribution in [0.4, 0.5) is 11.4 Å². The first kappa shape index (κ1) is 20.4. The Balaban J connectivity index is 1.84. The average Bonchev–Trinajstić information content (AvgIpc) is 2.67. The van der Waals surface area contributed by atoms with Gasteiger partial charge in [-0.25, -0.2) is 4.79 Å². The number of anilines is 1. The topological polar surface area (TPSA) is 111 Å². The van der Waals surface area contributed by atoms with Crippen molar-refractivity contribution in [3.05, 3.63) is 68.2 Å². The van der Waals surface area contributed by atoms with Crippen molar-refractivity contribution in [1.29, 1.82) is 0 Å².